The lowest BCUT2D eigenvalue weighted by molar-refractivity contribution is 0.981. The lowest BCUT2D eigenvalue weighted by atomic mass is 9.91. The summed E-state index contributed by atoms with van der Waals surface area (Å²) < 4.78 is 2.18. The van der Waals surface area contributed by atoms with Gasteiger partial charge in [-0.05, 0) is 50.9 Å². The average molecular weight is 856 g/mol. The lowest BCUT2D eigenvalue weighted by Crippen LogP contribution is -2.01. The number of pyridine rings is 1. The zero-order valence-electron chi connectivity index (χ0n) is 36.4. The van der Waals surface area contributed by atoms with Crippen LogP contribution in [0.1, 0.15) is 0 Å². The summed E-state index contributed by atoms with van der Waals surface area (Å²) >= 11 is 0. The highest BCUT2D eigenvalue weighted by Gasteiger charge is 2.25. The summed E-state index contributed by atoms with van der Waals surface area (Å²) in [5.74, 6) is 1.81. The number of rotatable bonds is 9. The third-order valence-electron chi connectivity index (χ3n) is 12.5. The fraction of sp³-hybridized carbons (Fsp3) is 0. The van der Waals surface area contributed by atoms with Gasteiger partial charge in [0.15, 0.2) is 17.5 Å². The summed E-state index contributed by atoms with van der Waals surface area (Å²) in [6.07, 6.45) is 0. The second-order valence-corrected chi connectivity index (χ2v) is 16.6. The molecule has 3 aromatic heterocycles. The molecule has 12 rings (SSSR count). The largest absolute Gasteiger partial charge is 0.231 e. The van der Waals surface area contributed by atoms with E-state index >= 15 is 0 Å². The van der Waals surface area contributed by atoms with E-state index in [1.54, 1.807) is 0 Å². The fourth-order valence-corrected chi connectivity index (χ4v) is 9.29. The van der Waals surface area contributed by atoms with Gasteiger partial charge in [-0.2, -0.15) is 5.10 Å². The Morgan fingerprint density at radius 3 is 1.15 bits per heavy atom. The minimum atomic E-state index is 0.595. The molecule has 67 heavy (non-hydrogen) atoms. The van der Waals surface area contributed by atoms with Gasteiger partial charge < -0.3 is 0 Å². The van der Waals surface area contributed by atoms with Crippen molar-refractivity contribution in [3.8, 4) is 101 Å². The third-order valence-corrected chi connectivity index (χ3v) is 12.5. The summed E-state index contributed by atoms with van der Waals surface area (Å²) in [7, 11) is 0. The van der Waals surface area contributed by atoms with Crippen LogP contribution in [0.3, 0.4) is 0 Å². The first-order chi connectivity index (χ1) is 33.2. The van der Waals surface area contributed by atoms with Crippen LogP contribution in [0.25, 0.3) is 117 Å². The maximum atomic E-state index is 5.55. The van der Waals surface area contributed by atoms with Crippen molar-refractivity contribution in [3.63, 3.8) is 0 Å². The molecular weight excluding hydrogens is 815 g/mol. The lowest BCUT2D eigenvalue weighted by Gasteiger charge is -2.18. The Labute approximate surface area is 389 Å². The summed E-state index contributed by atoms with van der Waals surface area (Å²) in [5.41, 5.74) is 16.7. The Kier molecular flexibility index (Phi) is 10.1. The highest BCUT2D eigenvalue weighted by Crippen LogP contribution is 2.46. The average Bonchev–Trinajstić information content (AvgIpc) is 3.83. The predicted octanol–water partition coefficient (Wildman–Crippen LogP) is 15.7. The first-order valence-corrected chi connectivity index (χ1v) is 22.6. The molecule has 0 N–H and O–H groups in total. The summed E-state index contributed by atoms with van der Waals surface area (Å²) in [5, 5.41) is 7.82. The first-order valence-electron chi connectivity index (χ1n) is 22.6. The van der Waals surface area contributed by atoms with Crippen molar-refractivity contribution < 1.29 is 0 Å². The number of aromatic nitrogens is 5. The number of fused-ring (bicyclic) bond motifs is 3. The molecule has 0 amide bonds. The van der Waals surface area contributed by atoms with E-state index in [9.17, 15) is 0 Å². The molecule has 0 aliphatic rings. The fourth-order valence-electron chi connectivity index (χ4n) is 9.29. The standard InChI is InChI=1S/C62H41N5/c1-6-20-42(21-7-1)49-30-18-32-51(40-49)61-63-60(64-62(65-61)52-33-19-31-50(41-52)43-22-8-2-9-23-43)48-38-36-45(37-39-48)55-53-34-16-17-35-54(53)59-56(44-24-10-3-11-25-44)57(46-26-12-4-13-27-46)66-67(59)58(55)47-28-14-5-15-29-47/h1-41H. The van der Waals surface area contributed by atoms with Gasteiger partial charge in [0, 0.05) is 44.3 Å². The molecule has 314 valence electrons. The number of hydrogen-bond donors (Lipinski definition) is 0. The summed E-state index contributed by atoms with van der Waals surface area (Å²) in [6, 6.07) is 86.9. The van der Waals surface area contributed by atoms with Crippen molar-refractivity contribution in [1.82, 2.24) is 24.6 Å². The number of benzene rings is 9. The van der Waals surface area contributed by atoms with Crippen molar-refractivity contribution in [2.45, 2.75) is 0 Å². The van der Waals surface area contributed by atoms with Crippen molar-refractivity contribution in [1.29, 1.82) is 0 Å². The molecule has 0 saturated carbocycles. The Hall–Kier alpha value is -9.06. The molecule has 0 aliphatic carbocycles. The van der Waals surface area contributed by atoms with Crippen LogP contribution < -0.4 is 0 Å². The molecule has 0 radical (unpaired) electrons. The monoisotopic (exact) mass is 855 g/mol. The van der Waals surface area contributed by atoms with E-state index in [4.69, 9.17) is 20.1 Å². The molecule has 9 aromatic carbocycles. The number of nitrogens with zero attached hydrogens (tertiary/aromatic N) is 5. The molecule has 0 saturated heterocycles. The molecule has 0 aliphatic heterocycles. The van der Waals surface area contributed by atoms with Gasteiger partial charge in [0.1, 0.15) is 5.69 Å². The van der Waals surface area contributed by atoms with E-state index in [0.29, 0.717) is 17.5 Å². The normalized spacial score (nSPS) is 11.3. The minimum Gasteiger partial charge on any atom is -0.231 e. The van der Waals surface area contributed by atoms with Crippen LogP contribution >= 0.6 is 0 Å². The van der Waals surface area contributed by atoms with E-state index < -0.39 is 0 Å². The smallest absolute Gasteiger partial charge is 0.164 e. The molecule has 5 nitrogen and oxygen atoms in total. The van der Waals surface area contributed by atoms with E-state index in [2.05, 4.69) is 241 Å². The Balaban J connectivity index is 1.05. The Morgan fingerprint density at radius 1 is 0.254 bits per heavy atom. The topological polar surface area (TPSA) is 56.0 Å². The van der Waals surface area contributed by atoms with Crippen LogP contribution in [-0.2, 0) is 0 Å². The van der Waals surface area contributed by atoms with Crippen molar-refractivity contribution in [2.24, 2.45) is 0 Å². The molecule has 0 spiro atoms. The van der Waals surface area contributed by atoms with E-state index in [0.717, 1.165) is 100 Å². The second kappa shape index (κ2) is 17.1. The van der Waals surface area contributed by atoms with Gasteiger partial charge >= 0.3 is 0 Å². The third kappa shape index (κ3) is 7.44. The van der Waals surface area contributed by atoms with Gasteiger partial charge in [-0.1, -0.05) is 237 Å². The number of hydrogen-bond acceptors (Lipinski definition) is 4. The van der Waals surface area contributed by atoms with Gasteiger partial charge in [-0.15, -0.1) is 0 Å². The van der Waals surface area contributed by atoms with Gasteiger partial charge in [-0.3, -0.25) is 0 Å². The molecule has 0 atom stereocenters. The summed E-state index contributed by atoms with van der Waals surface area (Å²) in [6.45, 7) is 0. The zero-order valence-corrected chi connectivity index (χ0v) is 36.4. The van der Waals surface area contributed by atoms with Gasteiger partial charge in [0.25, 0.3) is 0 Å². The van der Waals surface area contributed by atoms with Crippen LogP contribution in [-0.4, -0.2) is 24.6 Å². The van der Waals surface area contributed by atoms with Crippen molar-refractivity contribution in [3.05, 3.63) is 249 Å². The van der Waals surface area contributed by atoms with Crippen LogP contribution in [0.2, 0.25) is 0 Å². The van der Waals surface area contributed by atoms with E-state index in [1.807, 2.05) is 12.1 Å². The van der Waals surface area contributed by atoms with E-state index in [1.165, 1.54) is 0 Å². The van der Waals surface area contributed by atoms with Crippen molar-refractivity contribution in [2.75, 3.05) is 0 Å². The summed E-state index contributed by atoms with van der Waals surface area (Å²) in [4.78, 5) is 15.6. The first kappa shape index (κ1) is 39.5. The quantitative estimate of drug-likeness (QED) is 0.145. The molecule has 3 heterocycles. The molecule has 5 heteroatoms. The van der Waals surface area contributed by atoms with Crippen molar-refractivity contribution >= 4 is 16.3 Å². The molecule has 0 fully saturated rings. The highest BCUT2D eigenvalue weighted by molar-refractivity contribution is 6.15. The molecule has 0 unspecified atom stereocenters. The van der Waals surface area contributed by atoms with Gasteiger partial charge in [0.05, 0.1) is 11.2 Å². The Bertz CT molecular complexity index is 3600. The predicted molar refractivity (Wildman–Crippen MR) is 275 cm³/mol. The highest BCUT2D eigenvalue weighted by atomic mass is 15.2. The minimum absolute atomic E-state index is 0.595. The molecule has 12 aromatic rings. The van der Waals surface area contributed by atoms with Crippen LogP contribution in [0.4, 0.5) is 0 Å². The van der Waals surface area contributed by atoms with Gasteiger partial charge in [0.2, 0.25) is 0 Å². The van der Waals surface area contributed by atoms with Crippen LogP contribution in [0.5, 0.6) is 0 Å². The SMILES string of the molecule is c1ccc(-c2cccc(-c3nc(-c4ccc(-c5c(-c6ccccc6)n6nc(-c7ccccc7)c(-c7ccccc7)c6c6ccccc56)cc4)nc(-c4cccc(-c5ccccc5)c4)n3)c2)cc1. The maximum Gasteiger partial charge on any atom is 0.164 e. The van der Waals surface area contributed by atoms with Crippen LogP contribution in [0, 0.1) is 0 Å². The Morgan fingerprint density at radius 2 is 0.627 bits per heavy atom. The molecular formula is C62H41N5. The van der Waals surface area contributed by atoms with Crippen LogP contribution in [0.15, 0.2) is 249 Å². The van der Waals surface area contributed by atoms with Gasteiger partial charge in [-0.25, -0.2) is 19.5 Å². The second-order valence-electron chi connectivity index (χ2n) is 16.6. The molecule has 0 bridgehead atoms. The van der Waals surface area contributed by atoms with E-state index in [-0.39, 0.29) is 0 Å². The maximum absolute atomic E-state index is 5.55. The zero-order chi connectivity index (χ0) is 44.5.